The minimum Gasteiger partial charge on any atom is -0.870 e. The van der Waals surface area contributed by atoms with Gasteiger partial charge in [-0.2, -0.15) is 5.10 Å². The second-order valence-corrected chi connectivity index (χ2v) is 5.90. The van der Waals surface area contributed by atoms with Crippen LogP contribution in [0, 0.1) is 24.0 Å². The Bertz CT molecular complexity index is 911. The van der Waals surface area contributed by atoms with Gasteiger partial charge in [-0.25, -0.2) is 5.43 Å². The van der Waals surface area contributed by atoms with Crippen molar-refractivity contribution in [1.29, 1.82) is 0 Å². The van der Waals surface area contributed by atoms with Crippen LogP contribution < -0.4 is 20.0 Å². The Morgan fingerprint density at radius 2 is 1.96 bits per heavy atom. The topological polar surface area (TPSA) is 126 Å². The molecule has 0 bridgehead atoms. The van der Waals surface area contributed by atoms with Crippen molar-refractivity contribution in [2.24, 2.45) is 5.10 Å². The first-order chi connectivity index (χ1) is 13.3. The highest BCUT2D eigenvalue weighted by atomic mass is 16.6. The van der Waals surface area contributed by atoms with Gasteiger partial charge in [-0.3, -0.25) is 14.9 Å². The SMILES string of the molecule is CCOc1cc([N+](=O)[O-])cc(/C=N\NC(=O)COc2cc(C)ccc2C)c1[O-]. The number of nitrogens with zero attached hydrogens (tertiary/aromatic N) is 2. The van der Waals surface area contributed by atoms with E-state index in [9.17, 15) is 20.0 Å². The molecule has 2 rings (SSSR count). The number of nitro groups is 1. The summed E-state index contributed by atoms with van der Waals surface area (Å²) in [6.45, 7) is 5.33. The second-order valence-electron chi connectivity index (χ2n) is 5.90. The lowest BCUT2D eigenvalue weighted by molar-refractivity contribution is -0.385. The van der Waals surface area contributed by atoms with Gasteiger partial charge in [-0.15, -0.1) is 0 Å². The number of nitrogens with one attached hydrogen (secondary N) is 1. The molecule has 0 spiro atoms. The summed E-state index contributed by atoms with van der Waals surface area (Å²) in [7, 11) is 0. The standard InChI is InChI=1S/C19H21N3O6/c1-4-27-17-9-15(22(25)26)8-14(19(17)24)10-20-21-18(23)11-28-16-7-12(2)5-6-13(16)3/h5-10,24H,4,11H2,1-3H3,(H,21,23)/p-1/b20-10-. The fourth-order valence-electron chi connectivity index (χ4n) is 2.28. The molecule has 0 aliphatic heterocycles. The van der Waals surface area contributed by atoms with Crippen molar-refractivity contribution >= 4 is 17.8 Å². The Kier molecular flexibility index (Phi) is 6.91. The van der Waals surface area contributed by atoms with Crippen molar-refractivity contribution in [3.8, 4) is 17.2 Å². The number of rotatable bonds is 8. The van der Waals surface area contributed by atoms with Gasteiger partial charge in [-0.1, -0.05) is 17.9 Å². The van der Waals surface area contributed by atoms with Crippen LogP contribution in [0.2, 0.25) is 0 Å². The molecule has 28 heavy (non-hydrogen) atoms. The van der Waals surface area contributed by atoms with Crippen molar-refractivity contribution in [3.63, 3.8) is 0 Å². The van der Waals surface area contributed by atoms with Gasteiger partial charge in [0.1, 0.15) is 11.5 Å². The van der Waals surface area contributed by atoms with Crippen LogP contribution in [-0.2, 0) is 4.79 Å². The van der Waals surface area contributed by atoms with E-state index in [0.717, 1.165) is 29.5 Å². The summed E-state index contributed by atoms with van der Waals surface area (Å²) >= 11 is 0. The van der Waals surface area contributed by atoms with Crippen molar-refractivity contribution in [1.82, 2.24) is 5.43 Å². The third-order valence-corrected chi connectivity index (χ3v) is 3.67. The highest BCUT2D eigenvalue weighted by Crippen LogP contribution is 2.31. The van der Waals surface area contributed by atoms with E-state index in [0.29, 0.717) is 5.75 Å². The highest BCUT2D eigenvalue weighted by molar-refractivity contribution is 5.87. The first-order valence-electron chi connectivity index (χ1n) is 8.46. The predicted octanol–water partition coefficient (Wildman–Crippen LogP) is 2.21. The fraction of sp³-hybridized carbons (Fsp3) is 0.263. The van der Waals surface area contributed by atoms with Crippen molar-refractivity contribution in [2.75, 3.05) is 13.2 Å². The Labute approximate surface area is 161 Å². The quantitative estimate of drug-likeness (QED) is 0.421. The maximum atomic E-state index is 12.2. The zero-order chi connectivity index (χ0) is 20.7. The molecule has 0 aromatic heterocycles. The van der Waals surface area contributed by atoms with E-state index < -0.39 is 16.6 Å². The number of carbonyl (C=O) groups excluding carboxylic acids is 1. The summed E-state index contributed by atoms with van der Waals surface area (Å²) in [6.07, 6.45) is 1.04. The van der Waals surface area contributed by atoms with Crippen LogP contribution in [0.25, 0.3) is 0 Å². The number of aryl methyl sites for hydroxylation is 2. The predicted molar refractivity (Wildman–Crippen MR) is 101 cm³/mol. The molecule has 1 amide bonds. The van der Waals surface area contributed by atoms with Crippen LogP contribution in [0.3, 0.4) is 0 Å². The molecule has 2 aromatic carbocycles. The molecule has 0 radical (unpaired) electrons. The largest absolute Gasteiger partial charge is 0.870 e. The summed E-state index contributed by atoms with van der Waals surface area (Å²) in [5.74, 6) is -0.666. The number of nitro benzene ring substituents is 1. The molecule has 1 N–H and O–H groups in total. The van der Waals surface area contributed by atoms with Crippen LogP contribution >= 0.6 is 0 Å². The molecule has 0 fully saturated rings. The van der Waals surface area contributed by atoms with Gasteiger partial charge >= 0.3 is 0 Å². The molecular weight excluding hydrogens is 366 g/mol. The molecule has 0 atom stereocenters. The molecule has 0 saturated heterocycles. The van der Waals surface area contributed by atoms with Crippen LogP contribution in [0.1, 0.15) is 23.6 Å². The summed E-state index contributed by atoms with van der Waals surface area (Å²) < 4.78 is 10.6. The van der Waals surface area contributed by atoms with Crippen LogP contribution in [0.4, 0.5) is 5.69 Å². The molecule has 2 aromatic rings. The van der Waals surface area contributed by atoms with Gasteiger partial charge < -0.3 is 14.6 Å². The molecule has 0 aliphatic rings. The number of benzene rings is 2. The molecule has 9 heteroatoms. The maximum Gasteiger partial charge on any atom is 0.277 e. The summed E-state index contributed by atoms with van der Waals surface area (Å²) in [6, 6.07) is 7.75. The third kappa shape index (κ3) is 5.44. The average molecular weight is 386 g/mol. The Balaban J connectivity index is 2.04. The molecule has 0 heterocycles. The van der Waals surface area contributed by atoms with Gasteiger partial charge in [0.15, 0.2) is 6.61 Å². The number of ether oxygens (including phenoxy) is 2. The van der Waals surface area contributed by atoms with Gasteiger partial charge in [0.2, 0.25) is 0 Å². The summed E-state index contributed by atoms with van der Waals surface area (Å²) in [5, 5.41) is 26.9. The lowest BCUT2D eigenvalue weighted by Gasteiger charge is -2.16. The summed E-state index contributed by atoms with van der Waals surface area (Å²) in [4.78, 5) is 22.2. The van der Waals surface area contributed by atoms with Crippen LogP contribution in [0.5, 0.6) is 17.2 Å². The van der Waals surface area contributed by atoms with E-state index in [1.807, 2.05) is 32.0 Å². The van der Waals surface area contributed by atoms with Gasteiger partial charge in [0.25, 0.3) is 11.6 Å². The minimum absolute atomic E-state index is 0.0756. The fourth-order valence-corrected chi connectivity index (χ4v) is 2.28. The Morgan fingerprint density at radius 1 is 1.21 bits per heavy atom. The lowest BCUT2D eigenvalue weighted by Crippen LogP contribution is -2.24. The number of hydrogen-bond donors (Lipinski definition) is 1. The third-order valence-electron chi connectivity index (χ3n) is 3.67. The number of carbonyl (C=O) groups is 1. The molecule has 9 nitrogen and oxygen atoms in total. The van der Waals surface area contributed by atoms with Crippen molar-refractivity contribution in [2.45, 2.75) is 20.8 Å². The molecule has 148 valence electrons. The second kappa shape index (κ2) is 9.36. The highest BCUT2D eigenvalue weighted by Gasteiger charge is 2.12. The summed E-state index contributed by atoms with van der Waals surface area (Å²) in [5.41, 5.74) is 3.72. The zero-order valence-corrected chi connectivity index (χ0v) is 15.7. The van der Waals surface area contributed by atoms with E-state index in [1.54, 1.807) is 6.92 Å². The van der Waals surface area contributed by atoms with E-state index in [-0.39, 0.29) is 30.2 Å². The van der Waals surface area contributed by atoms with Crippen LogP contribution in [0.15, 0.2) is 35.4 Å². The lowest BCUT2D eigenvalue weighted by atomic mass is 10.1. The van der Waals surface area contributed by atoms with Crippen molar-refractivity contribution in [3.05, 3.63) is 57.1 Å². The number of non-ortho nitro benzene ring substituents is 1. The maximum absolute atomic E-state index is 12.2. The average Bonchev–Trinajstić information content (AvgIpc) is 2.65. The van der Waals surface area contributed by atoms with Crippen LogP contribution in [-0.4, -0.2) is 30.3 Å². The number of hydrogen-bond acceptors (Lipinski definition) is 7. The Morgan fingerprint density at radius 3 is 2.64 bits per heavy atom. The first-order valence-corrected chi connectivity index (χ1v) is 8.46. The van der Waals surface area contributed by atoms with E-state index >= 15 is 0 Å². The van der Waals surface area contributed by atoms with E-state index in [1.165, 1.54) is 0 Å². The van der Waals surface area contributed by atoms with E-state index in [2.05, 4.69) is 10.5 Å². The van der Waals surface area contributed by atoms with Gasteiger partial charge in [0.05, 0.1) is 23.8 Å². The van der Waals surface area contributed by atoms with E-state index in [4.69, 9.17) is 9.47 Å². The Hall–Kier alpha value is -3.62. The molecule has 0 saturated carbocycles. The number of amides is 1. The molecule has 0 aliphatic carbocycles. The van der Waals surface area contributed by atoms with Gasteiger partial charge in [-0.05, 0) is 43.5 Å². The number of hydrazone groups is 1. The monoisotopic (exact) mass is 386 g/mol. The smallest absolute Gasteiger partial charge is 0.277 e. The molecular formula is C19H20N3O6-. The van der Waals surface area contributed by atoms with Gasteiger partial charge in [0, 0.05) is 6.07 Å². The zero-order valence-electron chi connectivity index (χ0n) is 15.7. The first kappa shape index (κ1) is 20.7. The van der Waals surface area contributed by atoms with Crippen molar-refractivity contribution < 1.29 is 24.3 Å². The minimum atomic E-state index is -0.643. The molecule has 0 unspecified atom stereocenters. The normalized spacial score (nSPS) is 10.7.